The Hall–Kier alpha value is -2.50. The second-order valence-electron chi connectivity index (χ2n) is 6.03. The maximum absolute atomic E-state index is 12.3. The fourth-order valence-electron chi connectivity index (χ4n) is 3.42. The molecule has 2 heterocycles. The van der Waals surface area contributed by atoms with Gasteiger partial charge in [-0.1, -0.05) is 6.92 Å². The maximum atomic E-state index is 12.3. The number of aryl methyl sites for hydroxylation is 1. The fraction of sp³-hybridized carbons (Fsp3) is 0.375. The predicted molar refractivity (Wildman–Crippen MR) is 80.4 cm³/mol. The van der Waals surface area contributed by atoms with Gasteiger partial charge in [0.05, 0.1) is 16.7 Å². The van der Waals surface area contributed by atoms with Crippen LogP contribution in [0, 0.1) is 0 Å². The summed E-state index contributed by atoms with van der Waals surface area (Å²) in [4.78, 5) is 34.6. The van der Waals surface area contributed by atoms with Crippen LogP contribution >= 0.6 is 0 Å². The van der Waals surface area contributed by atoms with Crippen molar-refractivity contribution < 1.29 is 9.59 Å². The first-order chi connectivity index (χ1) is 10.5. The van der Waals surface area contributed by atoms with Crippen LogP contribution in [-0.2, 0) is 24.1 Å². The molecule has 1 aliphatic carbocycles. The summed E-state index contributed by atoms with van der Waals surface area (Å²) in [7, 11) is 1.68. The summed E-state index contributed by atoms with van der Waals surface area (Å²) < 4.78 is 0. The van der Waals surface area contributed by atoms with E-state index in [1.54, 1.807) is 13.2 Å². The molecule has 0 bridgehead atoms. The Morgan fingerprint density at radius 3 is 2.50 bits per heavy atom. The molecule has 1 aromatic carbocycles. The van der Waals surface area contributed by atoms with Gasteiger partial charge in [-0.3, -0.25) is 15.1 Å². The maximum Gasteiger partial charge on any atom is 0.324 e. The van der Waals surface area contributed by atoms with E-state index in [9.17, 15) is 9.59 Å². The molecule has 1 fully saturated rings. The van der Waals surface area contributed by atoms with Gasteiger partial charge < -0.3 is 4.90 Å². The first-order valence-electron chi connectivity index (χ1n) is 7.40. The number of hydrogen-bond donors (Lipinski definition) is 1. The van der Waals surface area contributed by atoms with Gasteiger partial charge in [0, 0.05) is 26.1 Å². The van der Waals surface area contributed by atoms with Crippen molar-refractivity contribution in [2.24, 2.45) is 0 Å². The molecule has 0 saturated carbocycles. The molecule has 1 saturated heterocycles. The molecule has 0 radical (unpaired) electrons. The molecule has 2 aliphatic rings. The number of rotatable bonds is 1. The van der Waals surface area contributed by atoms with Crippen molar-refractivity contribution in [1.82, 2.24) is 20.2 Å². The zero-order chi connectivity index (χ0) is 15.5. The molecular formula is C16H16N4O2. The molecule has 6 heteroatoms. The van der Waals surface area contributed by atoms with Gasteiger partial charge in [0.15, 0.2) is 0 Å². The fourth-order valence-corrected chi connectivity index (χ4v) is 3.42. The summed E-state index contributed by atoms with van der Waals surface area (Å²) in [6.07, 6.45) is 3.69. The lowest BCUT2D eigenvalue weighted by molar-refractivity contribution is -0.125. The molecule has 1 aliphatic heterocycles. The Bertz CT molecular complexity index is 832. The van der Waals surface area contributed by atoms with Gasteiger partial charge in [0.2, 0.25) is 0 Å². The van der Waals surface area contributed by atoms with Crippen LogP contribution in [0.25, 0.3) is 11.0 Å². The van der Waals surface area contributed by atoms with E-state index in [4.69, 9.17) is 0 Å². The van der Waals surface area contributed by atoms with Gasteiger partial charge in [-0.05, 0) is 29.7 Å². The van der Waals surface area contributed by atoms with Crippen LogP contribution in [0.1, 0.15) is 23.7 Å². The monoisotopic (exact) mass is 296 g/mol. The van der Waals surface area contributed by atoms with Crippen molar-refractivity contribution >= 4 is 23.0 Å². The number of carbonyl (C=O) groups is 2. The number of nitrogens with one attached hydrogen (secondary N) is 1. The van der Waals surface area contributed by atoms with Crippen LogP contribution in [0.4, 0.5) is 4.79 Å². The molecule has 3 amide bonds. The van der Waals surface area contributed by atoms with E-state index in [-0.39, 0.29) is 11.9 Å². The van der Waals surface area contributed by atoms with Gasteiger partial charge in [-0.2, -0.15) is 0 Å². The summed E-state index contributed by atoms with van der Waals surface area (Å²) in [6.45, 7) is 2.04. The van der Waals surface area contributed by atoms with Crippen molar-refractivity contribution in [3.8, 4) is 0 Å². The number of carbonyl (C=O) groups excluding carboxylic acids is 2. The molecule has 6 nitrogen and oxygen atoms in total. The van der Waals surface area contributed by atoms with E-state index in [0.29, 0.717) is 12.8 Å². The quantitative estimate of drug-likeness (QED) is 0.803. The van der Waals surface area contributed by atoms with Gasteiger partial charge in [0.25, 0.3) is 5.91 Å². The number of aromatic nitrogens is 2. The Morgan fingerprint density at radius 1 is 1.23 bits per heavy atom. The largest absolute Gasteiger partial charge is 0.324 e. The van der Waals surface area contributed by atoms with Crippen molar-refractivity contribution in [3.63, 3.8) is 0 Å². The number of nitrogens with zero attached hydrogens (tertiary/aromatic N) is 3. The molecule has 22 heavy (non-hydrogen) atoms. The van der Waals surface area contributed by atoms with Gasteiger partial charge in [-0.15, -0.1) is 0 Å². The number of benzene rings is 1. The smallest absolute Gasteiger partial charge is 0.312 e. The summed E-state index contributed by atoms with van der Waals surface area (Å²) in [5.74, 6) is -0.213. The third-order valence-corrected chi connectivity index (χ3v) is 4.83. The van der Waals surface area contributed by atoms with E-state index in [0.717, 1.165) is 34.3 Å². The van der Waals surface area contributed by atoms with E-state index < -0.39 is 5.54 Å². The summed E-state index contributed by atoms with van der Waals surface area (Å²) >= 11 is 0. The highest BCUT2D eigenvalue weighted by molar-refractivity contribution is 6.07. The minimum Gasteiger partial charge on any atom is -0.312 e. The Morgan fingerprint density at radius 2 is 1.91 bits per heavy atom. The Balaban J connectivity index is 1.82. The lowest BCUT2D eigenvalue weighted by Gasteiger charge is -2.27. The molecule has 1 N–H and O–H groups in total. The summed E-state index contributed by atoms with van der Waals surface area (Å²) in [5, 5.41) is 2.41. The number of amides is 3. The molecule has 1 unspecified atom stereocenters. The second kappa shape index (κ2) is 4.25. The average Bonchev–Trinajstić information content (AvgIpc) is 2.98. The van der Waals surface area contributed by atoms with Crippen molar-refractivity contribution in [1.29, 1.82) is 0 Å². The van der Waals surface area contributed by atoms with Crippen LogP contribution in [0.5, 0.6) is 0 Å². The SMILES string of the molecule is CCc1cnc2cc3c(cc2n1)CC1(C3)C(=O)NC(=O)N1C. The van der Waals surface area contributed by atoms with Crippen LogP contribution in [0.3, 0.4) is 0 Å². The van der Waals surface area contributed by atoms with Crippen molar-refractivity contribution in [2.45, 2.75) is 31.7 Å². The normalized spacial score (nSPS) is 23.5. The second-order valence-corrected chi connectivity index (χ2v) is 6.03. The highest BCUT2D eigenvalue weighted by atomic mass is 16.2. The van der Waals surface area contributed by atoms with E-state index in [1.807, 2.05) is 19.1 Å². The topological polar surface area (TPSA) is 75.2 Å². The number of imide groups is 1. The van der Waals surface area contributed by atoms with Gasteiger partial charge >= 0.3 is 6.03 Å². The third kappa shape index (κ3) is 1.60. The highest BCUT2D eigenvalue weighted by Crippen LogP contribution is 2.38. The lowest BCUT2D eigenvalue weighted by atomic mass is 9.95. The van der Waals surface area contributed by atoms with Crippen molar-refractivity contribution in [3.05, 3.63) is 35.2 Å². The average molecular weight is 296 g/mol. The number of likely N-dealkylation sites (N-methyl/N-ethyl adjacent to an activating group) is 1. The van der Waals surface area contributed by atoms with Crippen LogP contribution in [-0.4, -0.2) is 39.4 Å². The Labute approximate surface area is 127 Å². The molecule has 112 valence electrons. The zero-order valence-electron chi connectivity index (χ0n) is 12.5. The molecule has 1 atom stereocenters. The minimum atomic E-state index is -0.787. The first kappa shape index (κ1) is 13.2. The third-order valence-electron chi connectivity index (χ3n) is 4.83. The van der Waals surface area contributed by atoms with E-state index >= 15 is 0 Å². The van der Waals surface area contributed by atoms with Crippen LogP contribution in [0.2, 0.25) is 0 Å². The highest BCUT2D eigenvalue weighted by Gasteiger charge is 2.54. The summed E-state index contributed by atoms with van der Waals surface area (Å²) in [5.41, 5.74) is 3.99. The first-order valence-corrected chi connectivity index (χ1v) is 7.40. The van der Waals surface area contributed by atoms with E-state index in [2.05, 4.69) is 15.3 Å². The molecule has 4 rings (SSSR count). The number of hydrogen-bond acceptors (Lipinski definition) is 4. The number of fused-ring (bicyclic) bond motifs is 2. The van der Waals surface area contributed by atoms with Crippen molar-refractivity contribution in [2.75, 3.05) is 7.05 Å². The lowest BCUT2D eigenvalue weighted by Crippen LogP contribution is -2.48. The van der Waals surface area contributed by atoms with Gasteiger partial charge in [0.1, 0.15) is 5.54 Å². The van der Waals surface area contributed by atoms with E-state index in [1.165, 1.54) is 4.90 Å². The number of urea groups is 1. The molecule has 2 aromatic rings. The zero-order valence-corrected chi connectivity index (χ0v) is 12.5. The summed E-state index contributed by atoms with van der Waals surface area (Å²) in [6, 6.07) is 3.68. The van der Waals surface area contributed by atoms with Crippen LogP contribution < -0.4 is 5.32 Å². The predicted octanol–water partition coefficient (Wildman–Crippen LogP) is 1.21. The molecule has 1 spiro atoms. The van der Waals surface area contributed by atoms with Crippen LogP contribution in [0.15, 0.2) is 18.3 Å². The Kier molecular flexibility index (Phi) is 2.55. The molecule has 1 aromatic heterocycles. The standard InChI is InChI=1S/C16H16N4O2/c1-3-11-8-17-12-4-9-6-16(7-10(9)5-13(12)18-11)14(21)19-15(22)20(16)2/h4-5,8H,3,6-7H2,1-2H3,(H,19,21,22). The minimum absolute atomic E-state index is 0.213. The molecular weight excluding hydrogens is 280 g/mol. The van der Waals surface area contributed by atoms with Gasteiger partial charge in [-0.25, -0.2) is 9.78 Å².